The Morgan fingerprint density at radius 2 is 1.79 bits per heavy atom. The summed E-state index contributed by atoms with van der Waals surface area (Å²) >= 11 is 2.50. The van der Waals surface area contributed by atoms with Crippen molar-refractivity contribution in [3.05, 3.63) is 53.2 Å². The van der Waals surface area contributed by atoms with Gasteiger partial charge in [-0.3, -0.25) is 19.7 Å². The highest BCUT2D eigenvalue weighted by molar-refractivity contribution is 8.00. The van der Waals surface area contributed by atoms with E-state index in [9.17, 15) is 14.4 Å². The van der Waals surface area contributed by atoms with Gasteiger partial charge in [0.15, 0.2) is 10.9 Å². The van der Waals surface area contributed by atoms with Crippen LogP contribution in [0.1, 0.15) is 16.1 Å². The fraction of sp³-hybridized carbons (Fsp3) is 0.167. The van der Waals surface area contributed by atoms with Gasteiger partial charge in [0.2, 0.25) is 11.8 Å². The van der Waals surface area contributed by atoms with Gasteiger partial charge in [0.1, 0.15) is 5.76 Å². The quantitative estimate of drug-likeness (QED) is 0.500. The molecule has 9 nitrogen and oxygen atoms in total. The average molecular weight is 431 g/mol. The maximum Gasteiger partial charge on any atom is 0.257 e. The molecule has 0 unspecified atom stereocenters. The average Bonchev–Trinajstić information content (AvgIpc) is 3.34. The second kappa shape index (κ2) is 9.85. The standard InChI is InChI=1S/C18H17N5O4S2/c1-11-8-14(23-27-11)21-16(25)10-28-9-15(24)20-13-4-2-12(3-5-13)17(26)22-18-19-6-7-29-18/h2-8H,9-10H2,1H3,(H,20,24)(H,19,22,26)(H,21,23,25). The van der Waals surface area contributed by atoms with Crippen molar-refractivity contribution in [1.29, 1.82) is 0 Å². The minimum Gasteiger partial charge on any atom is -0.360 e. The molecule has 0 atom stereocenters. The van der Waals surface area contributed by atoms with Crippen molar-refractivity contribution in [2.24, 2.45) is 0 Å². The molecular formula is C18H17N5O4S2. The summed E-state index contributed by atoms with van der Waals surface area (Å²) in [6, 6.07) is 8.10. The van der Waals surface area contributed by atoms with Gasteiger partial charge in [-0.15, -0.1) is 23.1 Å². The van der Waals surface area contributed by atoms with Crippen LogP contribution in [0, 0.1) is 6.92 Å². The van der Waals surface area contributed by atoms with E-state index in [4.69, 9.17) is 4.52 Å². The number of benzene rings is 1. The monoisotopic (exact) mass is 431 g/mol. The van der Waals surface area contributed by atoms with Crippen LogP contribution in [0.25, 0.3) is 0 Å². The maximum atomic E-state index is 12.1. The first-order valence-corrected chi connectivity index (χ1v) is 10.4. The minimum atomic E-state index is -0.276. The molecule has 0 aliphatic heterocycles. The first-order chi connectivity index (χ1) is 14.0. The number of hydrogen-bond donors (Lipinski definition) is 3. The number of carbonyl (C=O) groups is 3. The van der Waals surface area contributed by atoms with E-state index in [1.807, 2.05) is 0 Å². The largest absolute Gasteiger partial charge is 0.360 e. The Labute approximate surface area is 174 Å². The summed E-state index contributed by atoms with van der Waals surface area (Å²) in [7, 11) is 0. The fourth-order valence-electron chi connectivity index (χ4n) is 2.20. The van der Waals surface area contributed by atoms with Gasteiger partial charge in [0.05, 0.1) is 11.5 Å². The molecule has 0 saturated heterocycles. The third-order valence-electron chi connectivity index (χ3n) is 3.45. The molecular weight excluding hydrogens is 414 g/mol. The Hall–Kier alpha value is -3.18. The topological polar surface area (TPSA) is 126 Å². The van der Waals surface area contributed by atoms with Gasteiger partial charge in [-0.1, -0.05) is 5.16 Å². The normalized spacial score (nSPS) is 10.4. The lowest BCUT2D eigenvalue weighted by molar-refractivity contribution is -0.114. The molecule has 3 amide bonds. The zero-order valence-electron chi connectivity index (χ0n) is 15.3. The number of rotatable bonds is 8. The molecule has 0 radical (unpaired) electrons. The lowest BCUT2D eigenvalue weighted by Gasteiger charge is -2.07. The molecule has 150 valence electrons. The van der Waals surface area contributed by atoms with E-state index in [0.717, 1.165) is 0 Å². The van der Waals surface area contributed by atoms with Gasteiger partial charge in [-0.25, -0.2) is 4.98 Å². The third kappa shape index (κ3) is 6.43. The van der Waals surface area contributed by atoms with Crippen LogP contribution in [-0.4, -0.2) is 39.4 Å². The Morgan fingerprint density at radius 3 is 2.41 bits per heavy atom. The van der Waals surface area contributed by atoms with Crippen LogP contribution >= 0.6 is 23.1 Å². The highest BCUT2D eigenvalue weighted by Crippen LogP contribution is 2.15. The van der Waals surface area contributed by atoms with Gasteiger partial charge in [-0.05, 0) is 31.2 Å². The molecule has 0 aliphatic carbocycles. The van der Waals surface area contributed by atoms with Crippen molar-refractivity contribution in [2.75, 3.05) is 27.5 Å². The van der Waals surface area contributed by atoms with Gasteiger partial charge < -0.3 is 15.2 Å². The molecule has 2 heterocycles. The van der Waals surface area contributed by atoms with Crippen molar-refractivity contribution in [3.8, 4) is 0 Å². The van der Waals surface area contributed by atoms with Crippen LogP contribution in [0.4, 0.5) is 16.6 Å². The van der Waals surface area contributed by atoms with Crippen LogP contribution in [-0.2, 0) is 9.59 Å². The number of aromatic nitrogens is 2. The molecule has 3 N–H and O–H groups in total. The number of anilines is 3. The van der Waals surface area contributed by atoms with E-state index in [-0.39, 0.29) is 29.2 Å². The molecule has 3 aromatic rings. The number of thioether (sulfide) groups is 1. The number of nitrogens with zero attached hydrogens (tertiary/aromatic N) is 2. The Balaban J connectivity index is 1.39. The molecule has 2 aromatic heterocycles. The van der Waals surface area contributed by atoms with E-state index >= 15 is 0 Å². The van der Waals surface area contributed by atoms with Crippen LogP contribution < -0.4 is 16.0 Å². The van der Waals surface area contributed by atoms with Crippen molar-refractivity contribution < 1.29 is 18.9 Å². The second-order valence-electron chi connectivity index (χ2n) is 5.78. The number of nitrogens with one attached hydrogen (secondary N) is 3. The van der Waals surface area contributed by atoms with Crippen LogP contribution in [0.3, 0.4) is 0 Å². The number of carbonyl (C=O) groups excluding carboxylic acids is 3. The van der Waals surface area contributed by atoms with Crippen molar-refractivity contribution in [2.45, 2.75) is 6.92 Å². The first-order valence-electron chi connectivity index (χ1n) is 8.41. The van der Waals surface area contributed by atoms with E-state index in [0.29, 0.717) is 28.0 Å². The summed E-state index contributed by atoms with van der Waals surface area (Å²) in [5.41, 5.74) is 1.01. The summed E-state index contributed by atoms with van der Waals surface area (Å²) in [4.78, 5) is 39.9. The predicted octanol–water partition coefficient (Wildman–Crippen LogP) is 3.00. The summed E-state index contributed by atoms with van der Waals surface area (Å²) < 4.78 is 4.86. The molecule has 0 saturated carbocycles. The van der Waals surface area contributed by atoms with E-state index in [1.165, 1.54) is 23.1 Å². The molecule has 0 fully saturated rings. The van der Waals surface area contributed by atoms with E-state index in [2.05, 4.69) is 26.1 Å². The number of thiazole rings is 1. The Kier molecular flexibility index (Phi) is 6.98. The lowest BCUT2D eigenvalue weighted by atomic mass is 10.2. The Bertz CT molecular complexity index is 986. The molecule has 0 spiro atoms. The van der Waals surface area contributed by atoms with Crippen LogP contribution in [0.2, 0.25) is 0 Å². The zero-order chi connectivity index (χ0) is 20.6. The van der Waals surface area contributed by atoms with E-state index in [1.54, 1.807) is 48.8 Å². The van der Waals surface area contributed by atoms with Gasteiger partial charge in [0, 0.05) is 28.9 Å². The first kappa shape index (κ1) is 20.6. The zero-order valence-corrected chi connectivity index (χ0v) is 16.9. The molecule has 1 aromatic carbocycles. The van der Waals surface area contributed by atoms with Gasteiger partial charge in [0.25, 0.3) is 5.91 Å². The SMILES string of the molecule is Cc1cc(NC(=O)CSCC(=O)Nc2ccc(C(=O)Nc3nccs3)cc2)no1. The summed E-state index contributed by atoms with van der Waals surface area (Å²) in [5, 5.41) is 13.9. The summed E-state index contributed by atoms with van der Waals surface area (Å²) in [6.07, 6.45) is 1.61. The molecule has 11 heteroatoms. The highest BCUT2D eigenvalue weighted by atomic mass is 32.2. The lowest BCUT2D eigenvalue weighted by Crippen LogP contribution is -2.18. The summed E-state index contributed by atoms with van der Waals surface area (Å²) in [5.74, 6) is 0.358. The van der Waals surface area contributed by atoms with Crippen molar-refractivity contribution >= 4 is 57.5 Å². The smallest absolute Gasteiger partial charge is 0.257 e. The van der Waals surface area contributed by atoms with Gasteiger partial charge in [-0.2, -0.15) is 0 Å². The van der Waals surface area contributed by atoms with E-state index < -0.39 is 0 Å². The van der Waals surface area contributed by atoms with Crippen LogP contribution in [0.5, 0.6) is 0 Å². The molecule has 29 heavy (non-hydrogen) atoms. The third-order valence-corrected chi connectivity index (χ3v) is 5.07. The molecule has 0 aliphatic rings. The second-order valence-corrected chi connectivity index (χ2v) is 7.66. The predicted molar refractivity (Wildman–Crippen MR) is 112 cm³/mol. The summed E-state index contributed by atoms with van der Waals surface area (Å²) in [6.45, 7) is 1.72. The minimum absolute atomic E-state index is 0.106. The maximum absolute atomic E-state index is 12.1. The van der Waals surface area contributed by atoms with Crippen molar-refractivity contribution in [3.63, 3.8) is 0 Å². The number of hydrogen-bond acceptors (Lipinski definition) is 8. The Morgan fingerprint density at radius 1 is 1.07 bits per heavy atom. The number of amides is 3. The fourth-order valence-corrected chi connectivity index (χ4v) is 3.34. The van der Waals surface area contributed by atoms with Crippen LogP contribution in [0.15, 0.2) is 46.4 Å². The van der Waals surface area contributed by atoms with Crippen molar-refractivity contribution in [1.82, 2.24) is 10.1 Å². The van der Waals surface area contributed by atoms with Gasteiger partial charge >= 0.3 is 0 Å². The molecule has 0 bridgehead atoms. The molecule has 3 rings (SSSR count). The number of aryl methyl sites for hydroxylation is 1. The highest BCUT2D eigenvalue weighted by Gasteiger charge is 2.10.